The van der Waals surface area contributed by atoms with Gasteiger partial charge in [-0.1, -0.05) is 48.0 Å². The summed E-state index contributed by atoms with van der Waals surface area (Å²) >= 11 is 1.17. The molecule has 3 rings (SSSR count). The van der Waals surface area contributed by atoms with Crippen LogP contribution in [-0.2, 0) is 0 Å². The van der Waals surface area contributed by atoms with Gasteiger partial charge in [0.15, 0.2) is 0 Å². The van der Waals surface area contributed by atoms with Gasteiger partial charge >= 0.3 is 5.24 Å². The second-order valence-corrected chi connectivity index (χ2v) is 6.19. The van der Waals surface area contributed by atoms with E-state index in [2.05, 4.69) is 16.3 Å². The molecule has 2 aromatic rings. The standard InChI is InChI=1S/C19H15N3O2S/c1-2-12-22-19(24)25-13-17(21-22)14-8-10-16(11-9-14)20-18(23)15-6-4-3-5-7-15/h1,3-11H,12-13H2,(H,20,23). The molecular formula is C19H15N3O2S. The van der Waals surface area contributed by atoms with Gasteiger partial charge in [-0.05, 0) is 29.8 Å². The van der Waals surface area contributed by atoms with Gasteiger partial charge in [0, 0.05) is 17.0 Å². The number of carbonyl (C=O) groups is 2. The van der Waals surface area contributed by atoms with Gasteiger partial charge in [-0.3, -0.25) is 9.59 Å². The molecule has 2 amide bonds. The third kappa shape index (κ3) is 4.08. The Morgan fingerprint density at radius 1 is 1.20 bits per heavy atom. The van der Waals surface area contributed by atoms with E-state index in [1.807, 2.05) is 42.5 Å². The second kappa shape index (κ2) is 7.69. The number of hydrogen-bond acceptors (Lipinski definition) is 4. The van der Waals surface area contributed by atoms with E-state index < -0.39 is 0 Å². The maximum absolute atomic E-state index is 12.2. The maximum atomic E-state index is 12.2. The van der Waals surface area contributed by atoms with E-state index >= 15 is 0 Å². The minimum absolute atomic E-state index is 0.145. The van der Waals surface area contributed by atoms with Gasteiger partial charge in [-0.2, -0.15) is 5.10 Å². The zero-order valence-electron chi connectivity index (χ0n) is 13.3. The summed E-state index contributed by atoms with van der Waals surface area (Å²) in [4.78, 5) is 23.9. The van der Waals surface area contributed by atoms with E-state index in [-0.39, 0.29) is 17.7 Å². The largest absolute Gasteiger partial charge is 0.322 e. The molecule has 0 spiro atoms. The fourth-order valence-corrected chi connectivity index (χ4v) is 3.03. The number of nitrogens with zero attached hydrogens (tertiary/aromatic N) is 2. The smallest absolute Gasteiger partial charge is 0.303 e. The predicted octanol–water partition coefficient (Wildman–Crippen LogP) is 3.45. The SMILES string of the molecule is C#CCN1N=C(c2ccc(NC(=O)c3ccccc3)cc2)CSC1=O. The van der Waals surface area contributed by atoms with E-state index in [1.165, 1.54) is 16.8 Å². The van der Waals surface area contributed by atoms with E-state index in [1.54, 1.807) is 12.1 Å². The predicted molar refractivity (Wildman–Crippen MR) is 101 cm³/mol. The minimum atomic E-state index is -0.162. The van der Waals surface area contributed by atoms with Gasteiger partial charge in [0.1, 0.15) is 6.54 Å². The van der Waals surface area contributed by atoms with Crippen LogP contribution >= 0.6 is 11.8 Å². The Kier molecular flexibility index (Phi) is 5.17. The molecule has 124 valence electrons. The van der Waals surface area contributed by atoms with Crippen LogP contribution in [0.3, 0.4) is 0 Å². The van der Waals surface area contributed by atoms with Crippen LogP contribution in [0.1, 0.15) is 15.9 Å². The number of terminal acetylenes is 1. The number of thioether (sulfide) groups is 1. The van der Waals surface area contributed by atoms with Crippen molar-refractivity contribution < 1.29 is 9.59 Å². The molecule has 25 heavy (non-hydrogen) atoms. The first kappa shape index (κ1) is 16.8. The lowest BCUT2D eigenvalue weighted by molar-refractivity contribution is 0.102. The van der Waals surface area contributed by atoms with Crippen molar-refractivity contribution in [3.63, 3.8) is 0 Å². The van der Waals surface area contributed by atoms with Gasteiger partial charge < -0.3 is 5.32 Å². The number of benzene rings is 2. The van der Waals surface area contributed by atoms with Crippen molar-refractivity contribution in [2.45, 2.75) is 0 Å². The third-order valence-electron chi connectivity index (χ3n) is 3.54. The van der Waals surface area contributed by atoms with E-state index in [0.29, 0.717) is 17.0 Å². The summed E-state index contributed by atoms with van der Waals surface area (Å²) in [5, 5.41) is 8.30. The van der Waals surface area contributed by atoms with Crippen LogP contribution in [0.5, 0.6) is 0 Å². The molecule has 0 saturated carbocycles. The Hall–Kier alpha value is -3.04. The molecule has 0 fully saturated rings. The third-order valence-corrected chi connectivity index (χ3v) is 4.41. The first-order valence-corrected chi connectivity index (χ1v) is 8.58. The number of amides is 2. The summed E-state index contributed by atoms with van der Waals surface area (Å²) in [6.45, 7) is 0.153. The van der Waals surface area contributed by atoms with Gasteiger partial charge in [-0.25, -0.2) is 5.01 Å². The Balaban J connectivity index is 1.72. The topological polar surface area (TPSA) is 61.8 Å². The molecule has 0 bridgehead atoms. The Bertz CT molecular complexity index is 854. The van der Waals surface area contributed by atoms with Crippen molar-refractivity contribution in [3.05, 3.63) is 65.7 Å². The highest BCUT2D eigenvalue weighted by molar-refractivity contribution is 8.14. The summed E-state index contributed by atoms with van der Waals surface area (Å²) in [7, 11) is 0. The summed E-state index contributed by atoms with van der Waals surface area (Å²) < 4.78 is 0. The number of rotatable bonds is 4. The van der Waals surface area contributed by atoms with Crippen molar-refractivity contribution >= 4 is 34.3 Å². The van der Waals surface area contributed by atoms with E-state index in [4.69, 9.17) is 6.42 Å². The summed E-state index contributed by atoms with van der Waals surface area (Å²) in [5.74, 6) is 2.76. The fourth-order valence-electron chi connectivity index (χ4n) is 2.29. The van der Waals surface area contributed by atoms with Crippen molar-refractivity contribution in [1.82, 2.24) is 5.01 Å². The molecule has 0 atom stereocenters. The van der Waals surface area contributed by atoms with Crippen molar-refractivity contribution in [2.24, 2.45) is 5.10 Å². The highest BCUT2D eigenvalue weighted by atomic mass is 32.2. The molecule has 0 aromatic heterocycles. The summed E-state index contributed by atoms with van der Waals surface area (Å²) in [6, 6.07) is 16.4. The van der Waals surface area contributed by atoms with E-state index in [9.17, 15) is 9.59 Å². The number of hydrazone groups is 1. The lowest BCUT2D eigenvalue weighted by Gasteiger charge is -2.21. The molecule has 6 heteroatoms. The molecule has 5 nitrogen and oxygen atoms in total. The van der Waals surface area contributed by atoms with Gasteiger partial charge in [0.05, 0.1) is 5.71 Å². The summed E-state index contributed by atoms with van der Waals surface area (Å²) in [5.41, 5.74) is 2.96. The van der Waals surface area contributed by atoms with Crippen LogP contribution in [0.15, 0.2) is 59.7 Å². The molecular weight excluding hydrogens is 334 g/mol. The number of anilines is 1. The summed E-state index contributed by atoms with van der Waals surface area (Å²) in [6.07, 6.45) is 5.26. The van der Waals surface area contributed by atoms with Gasteiger partial charge in [-0.15, -0.1) is 6.42 Å². The highest BCUT2D eigenvalue weighted by Gasteiger charge is 2.21. The first-order chi connectivity index (χ1) is 12.2. The lowest BCUT2D eigenvalue weighted by atomic mass is 10.1. The average Bonchev–Trinajstić information content (AvgIpc) is 2.65. The highest BCUT2D eigenvalue weighted by Crippen LogP contribution is 2.20. The first-order valence-electron chi connectivity index (χ1n) is 7.59. The van der Waals surface area contributed by atoms with Crippen LogP contribution in [0.2, 0.25) is 0 Å². The average molecular weight is 349 g/mol. The van der Waals surface area contributed by atoms with Gasteiger partial charge in [0.2, 0.25) is 0 Å². The normalized spacial score (nSPS) is 13.8. The second-order valence-electron chi connectivity index (χ2n) is 5.26. The van der Waals surface area contributed by atoms with Crippen LogP contribution in [0.4, 0.5) is 10.5 Å². The number of carbonyl (C=O) groups excluding carboxylic acids is 2. The zero-order valence-corrected chi connectivity index (χ0v) is 14.1. The Morgan fingerprint density at radius 2 is 1.92 bits per heavy atom. The van der Waals surface area contributed by atoms with E-state index in [0.717, 1.165) is 11.3 Å². The Morgan fingerprint density at radius 3 is 2.60 bits per heavy atom. The molecule has 1 N–H and O–H groups in total. The van der Waals surface area contributed by atoms with Crippen molar-refractivity contribution in [2.75, 3.05) is 17.6 Å². The van der Waals surface area contributed by atoms with Crippen LogP contribution in [-0.4, -0.2) is 34.2 Å². The maximum Gasteiger partial charge on any atom is 0.303 e. The molecule has 1 aliphatic rings. The molecule has 1 heterocycles. The Labute approximate surface area is 150 Å². The molecule has 0 aliphatic carbocycles. The monoisotopic (exact) mass is 349 g/mol. The minimum Gasteiger partial charge on any atom is -0.322 e. The molecule has 0 radical (unpaired) electrons. The van der Waals surface area contributed by atoms with Gasteiger partial charge in [0.25, 0.3) is 5.91 Å². The van der Waals surface area contributed by atoms with Crippen molar-refractivity contribution in [3.8, 4) is 12.3 Å². The van der Waals surface area contributed by atoms with Crippen LogP contribution < -0.4 is 5.32 Å². The van der Waals surface area contributed by atoms with Crippen molar-refractivity contribution in [1.29, 1.82) is 0 Å². The quantitative estimate of drug-likeness (QED) is 0.860. The fraction of sp³-hybridized carbons (Fsp3) is 0.105. The molecule has 1 aliphatic heterocycles. The molecule has 2 aromatic carbocycles. The van der Waals surface area contributed by atoms with Crippen LogP contribution in [0, 0.1) is 12.3 Å². The number of nitrogens with one attached hydrogen (secondary N) is 1. The molecule has 0 saturated heterocycles. The zero-order chi connectivity index (χ0) is 17.6. The lowest BCUT2D eigenvalue weighted by Crippen LogP contribution is -2.30. The van der Waals surface area contributed by atoms with Crippen LogP contribution in [0.25, 0.3) is 0 Å². The molecule has 0 unspecified atom stereocenters. The number of hydrogen-bond donors (Lipinski definition) is 1.